The van der Waals surface area contributed by atoms with Crippen molar-refractivity contribution in [3.63, 3.8) is 0 Å². The Balaban J connectivity index is 2.09. The third-order valence-electron chi connectivity index (χ3n) is 3.77. The van der Waals surface area contributed by atoms with Gasteiger partial charge in [0.1, 0.15) is 6.07 Å². The standard InChI is InChI=1S/C20H20N2O3/c1-14-5-4-6-17(15(14)2)22-20(23)10-8-16-7-9-18(25-12-11-21)19(13-16)24-3/h4-10,13H,12H2,1-3H3,(H,22,23). The molecule has 0 bridgehead atoms. The fourth-order valence-corrected chi connectivity index (χ4v) is 2.25. The molecule has 128 valence electrons. The minimum absolute atomic E-state index is 0.0518. The van der Waals surface area contributed by atoms with Crippen LogP contribution >= 0.6 is 0 Å². The average molecular weight is 336 g/mol. The SMILES string of the molecule is COc1cc(C=CC(=O)Nc2cccc(C)c2C)ccc1OCC#N. The number of methoxy groups -OCH3 is 1. The number of nitriles is 1. The van der Waals surface area contributed by atoms with Gasteiger partial charge in [-0.1, -0.05) is 18.2 Å². The fraction of sp³-hybridized carbons (Fsp3) is 0.200. The Hall–Kier alpha value is -3.26. The molecule has 0 saturated carbocycles. The zero-order valence-electron chi connectivity index (χ0n) is 14.5. The molecule has 0 unspecified atom stereocenters. The van der Waals surface area contributed by atoms with Crippen molar-refractivity contribution in [3.8, 4) is 17.6 Å². The van der Waals surface area contributed by atoms with Crippen LogP contribution in [0, 0.1) is 25.2 Å². The summed E-state index contributed by atoms with van der Waals surface area (Å²) in [5, 5.41) is 11.4. The van der Waals surface area contributed by atoms with Crippen molar-refractivity contribution in [2.45, 2.75) is 13.8 Å². The van der Waals surface area contributed by atoms with Gasteiger partial charge < -0.3 is 14.8 Å². The number of hydrogen-bond acceptors (Lipinski definition) is 4. The van der Waals surface area contributed by atoms with E-state index in [0.717, 1.165) is 22.4 Å². The van der Waals surface area contributed by atoms with E-state index >= 15 is 0 Å². The molecule has 1 N–H and O–H groups in total. The summed E-state index contributed by atoms with van der Waals surface area (Å²) in [5.41, 5.74) is 3.76. The number of aryl methyl sites for hydroxylation is 1. The van der Waals surface area contributed by atoms with Gasteiger partial charge in [0, 0.05) is 11.8 Å². The smallest absolute Gasteiger partial charge is 0.248 e. The van der Waals surface area contributed by atoms with E-state index in [2.05, 4.69) is 5.32 Å². The van der Waals surface area contributed by atoms with Crippen LogP contribution in [-0.4, -0.2) is 19.6 Å². The van der Waals surface area contributed by atoms with Crippen molar-refractivity contribution < 1.29 is 14.3 Å². The summed E-state index contributed by atoms with van der Waals surface area (Å²) in [4.78, 5) is 12.1. The molecule has 5 heteroatoms. The maximum atomic E-state index is 12.1. The fourth-order valence-electron chi connectivity index (χ4n) is 2.25. The molecule has 2 rings (SSSR count). The van der Waals surface area contributed by atoms with Crippen LogP contribution in [0.5, 0.6) is 11.5 Å². The van der Waals surface area contributed by atoms with Gasteiger partial charge in [-0.05, 0) is 54.8 Å². The van der Waals surface area contributed by atoms with Gasteiger partial charge in [-0.2, -0.15) is 5.26 Å². The Morgan fingerprint density at radius 1 is 1.24 bits per heavy atom. The van der Waals surface area contributed by atoms with E-state index < -0.39 is 0 Å². The highest BCUT2D eigenvalue weighted by Gasteiger charge is 2.06. The first-order valence-corrected chi connectivity index (χ1v) is 7.78. The van der Waals surface area contributed by atoms with E-state index in [1.807, 2.05) is 38.1 Å². The van der Waals surface area contributed by atoms with Crippen molar-refractivity contribution in [2.24, 2.45) is 0 Å². The van der Waals surface area contributed by atoms with Crippen LogP contribution in [0.3, 0.4) is 0 Å². The molecule has 0 aliphatic carbocycles. The lowest BCUT2D eigenvalue weighted by Crippen LogP contribution is -2.09. The third-order valence-corrected chi connectivity index (χ3v) is 3.77. The van der Waals surface area contributed by atoms with E-state index in [4.69, 9.17) is 14.7 Å². The van der Waals surface area contributed by atoms with Crippen molar-refractivity contribution in [1.82, 2.24) is 0 Å². The van der Waals surface area contributed by atoms with Crippen molar-refractivity contribution in [2.75, 3.05) is 19.0 Å². The molecule has 2 aromatic rings. The van der Waals surface area contributed by atoms with Crippen LogP contribution in [0.1, 0.15) is 16.7 Å². The number of benzene rings is 2. The quantitative estimate of drug-likeness (QED) is 0.813. The molecule has 0 aliphatic rings. The zero-order chi connectivity index (χ0) is 18.2. The number of ether oxygens (including phenoxy) is 2. The van der Waals surface area contributed by atoms with E-state index in [0.29, 0.717) is 11.5 Å². The topological polar surface area (TPSA) is 71.3 Å². The lowest BCUT2D eigenvalue weighted by molar-refractivity contribution is -0.111. The lowest BCUT2D eigenvalue weighted by Gasteiger charge is -2.09. The Kier molecular flexibility index (Phi) is 6.19. The molecule has 0 saturated heterocycles. The normalized spacial score (nSPS) is 10.3. The molecule has 0 spiro atoms. The van der Waals surface area contributed by atoms with E-state index in [-0.39, 0.29) is 12.5 Å². The lowest BCUT2D eigenvalue weighted by atomic mass is 10.1. The number of anilines is 1. The number of carbonyl (C=O) groups is 1. The van der Waals surface area contributed by atoms with Crippen molar-refractivity contribution in [1.29, 1.82) is 5.26 Å². The second kappa shape index (κ2) is 8.55. The van der Waals surface area contributed by atoms with Gasteiger partial charge in [-0.25, -0.2) is 0 Å². The molecule has 0 heterocycles. The van der Waals surface area contributed by atoms with Crippen LogP contribution in [0.15, 0.2) is 42.5 Å². The summed E-state index contributed by atoms with van der Waals surface area (Å²) in [6.07, 6.45) is 3.16. The number of rotatable bonds is 6. The number of nitrogens with zero attached hydrogens (tertiary/aromatic N) is 1. The van der Waals surface area contributed by atoms with Crippen LogP contribution in [0.4, 0.5) is 5.69 Å². The molecular formula is C20H20N2O3. The highest BCUT2D eigenvalue weighted by Crippen LogP contribution is 2.28. The maximum Gasteiger partial charge on any atom is 0.248 e. The molecule has 0 atom stereocenters. The van der Waals surface area contributed by atoms with Crippen molar-refractivity contribution in [3.05, 3.63) is 59.2 Å². The summed E-state index contributed by atoms with van der Waals surface area (Å²) in [6, 6.07) is 12.9. The highest BCUT2D eigenvalue weighted by molar-refractivity contribution is 6.02. The monoisotopic (exact) mass is 336 g/mol. The van der Waals surface area contributed by atoms with E-state index in [1.54, 1.807) is 24.3 Å². The number of hydrogen-bond donors (Lipinski definition) is 1. The molecule has 0 aliphatic heterocycles. The van der Waals surface area contributed by atoms with Gasteiger partial charge in [0.25, 0.3) is 0 Å². The van der Waals surface area contributed by atoms with Crippen LogP contribution in [-0.2, 0) is 4.79 Å². The van der Waals surface area contributed by atoms with Gasteiger partial charge in [0.05, 0.1) is 7.11 Å². The molecule has 25 heavy (non-hydrogen) atoms. The first-order chi connectivity index (χ1) is 12.0. The van der Waals surface area contributed by atoms with Crippen molar-refractivity contribution >= 4 is 17.7 Å². The maximum absolute atomic E-state index is 12.1. The first-order valence-electron chi connectivity index (χ1n) is 7.78. The van der Waals surface area contributed by atoms with Gasteiger partial charge in [0.15, 0.2) is 18.1 Å². The summed E-state index contributed by atoms with van der Waals surface area (Å²) >= 11 is 0. The summed E-state index contributed by atoms with van der Waals surface area (Å²) in [5.74, 6) is 0.783. The molecule has 1 amide bonds. The van der Waals surface area contributed by atoms with Gasteiger partial charge in [0.2, 0.25) is 5.91 Å². The Morgan fingerprint density at radius 3 is 2.76 bits per heavy atom. The van der Waals surface area contributed by atoms with Crippen LogP contribution < -0.4 is 14.8 Å². The van der Waals surface area contributed by atoms with Gasteiger partial charge in [-0.15, -0.1) is 0 Å². The highest BCUT2D eigenvalue weighted by atomic mass is 16.5. The number of amides is 1. The predicted molar refractivity (Wildman–Crippen MR) is 97.7 cm³/mol. The molecule has 0 aromatic heterocycles. The minimum atomic E-state index is -0.211. The van der Waals surface area contributed by atoms with Crippen LogP contribution in [0.2, 0.25) is 0 Å². The molecule has 0 fully saturated rings. The predicted octanol–water partition coefficient (Wildman–Crippen LogP) is 3.87. The Bertz CT molecular complexity index is 835. The van der Waals surface area contributed by atoms with Crippen LogP contribution in [0.25, 0.3) is 6.08 Å². The summed E-state index contributed by atoms with van der Waals surface area (Å²) < 4.78 is 10.5. The first kappa shape index (κ1) is 18.1. The van der Waals surface area contributed by atoms with Gasteiger partial charge >= 0.3 is 0 Å². The summed E-state index contributed by atoms with van der Waals surface area (Å²) in [6.45, 7) is 3.92. The second-order valence-electron chi connectivity index (χ2n) is 5.43. The van der Waals surface area contributed by atoms with E-state index in [9.17, 15) is 4.79 Å². The second-order valence-corrected chi connectivity index (χ2v) is 5.43. The third kappa shape index (κ3) is 4.85. The Labute approximate surface area is 147 Å². The molecule has 2 aromatic carbocycles. The largest absolute Gasteiger partial charge is 0.493 e. The van der Waals surface area contributed by atoms with Gasteiger partial charge in [-0.3, -0.25) is 4.79 Å². The summed E-state index contributed by atoms with van der Waals surface area (Å²) in [7, 11) is 1.52. The number of nitrogens with one attached hydrogen (secondary N) is 1. The average Bonchev–Trinajstić information content (AvgIpc) is 2.62. The molecule has 0 radical (unpaired) electrons. The van der Waals surface area contributed by atoms with E-state index in [1.165, 1.54) is 13.2 Å². The zero-order valence-corrected chi connectivity index (χ0v) is 14.5. The Morgan fingerprint density at radius 2 is 2.04 bits per heavy atom. The minimum Gasteiger partial charge on any atom is -0.493 e. The molecule has 5 nitrogen and oxygen atoms in total. The molecular weight excluding hydrogens is 316 g/mol. The number of carbonyl (C=O) groups excluding carboxylic acids is 1.